The van der Waals surface area contributed by atoms with Gasteiger partial charge in [0.15, 0.2) is 0 Å². The molecule has 0 aliphatic rings. The lowest BCUT2D eigenvalue weighted by Gasteiger charge is -2.21. The molecule has 0 bridgehead atoms. The minimum Gasteiger partial charge on any atom is -0.466 e. The molecular formula is C46H91NO5. The number of carbonyl (C=O) groups excluding carboxylic acids is 2. The summed E-state index contributed by atoms with van der Waals surface area (Å²) in [6.07, 6.45) is 41.1. The second-order valence-electron chi connectivity index (χ2n) is 15.9. The SMILES string of the molecule is CCCCCCCCCCOC(=O)CCCCCCCN(CCO)CCCCCCCC(=O)OC(CCCCCCCC)CCCCCCCCC. The van der Waals surface area contributed by atoms with Gasteiger partial charge in [-0.2, -0.15) is 0 Å². The molecule has 0 aromatic heterocycles. The third kappa shape index (κ3) is 38.6. The van der Waals surface area contributed by atoms with E-state index >= 15 is 0 Å². The van der Waals surface area contributed by atoms with Crippen LogP contribution >= 0.6 is 0 Å². The first-order valence-corrected chi connectivity index (χ1v) is 23.3. The van der Waals surface area contributed by atoms with Gasteiger partial charge < -0.3 is 19.5 Å². The number of aliphatic hydroxyl groups is 1. The van der Waals surface area contributed by atoms with E-state index in [4.69, 9.17) is 9.47 Å². The Hall–Kier alpha value is -1.14. The van der Waals surface area contributed by atoms with Gasteiger partial charge >= 0.3 is 11.9 Å². The zero-order valence-electron chi connectivity index (χ0n) is 35.4. The molecule has 0 saturated carbocycles. The molecule has 0 rings (SSSR count). The van der Waals surface area contributed by atoms with Crippen LogP contribution in [0.3, 0.4) is 0 Å². The Labute approximate surface area is 324 Å². The van der Waals surface area contributed by atoms with Crippen molar-refractivity contribution in [3.05, 3.63) is 0 Å². The molecule has 0 aliphatic heterocycles. The summed E-state index contributed by atoms with van der Waals surface area (Å²) >= 11 is 0. The highest BCUT2D eigenvalue weighted by Gasteiger charge is 2.14. The van der Waals surface area contributed by atoms with Crippen molar-refractivity contribution in [2.45, 2.75) is 252 Å². The zero-order valence-corrected chi connectivity index (χ0v) is 35.4. The highest BCUT2D eigenvalue weighted by Crippen LogP contribution is 2.19. The van der Waals surface area contributed by atoms with E-state index in [-0.39, 0.29) is 24.6 Å². The average molecular weight is 738 g/mol. The van der Waals surface area contributed by atoms with Crippen molar-refractivity contribution in [2.24, 2.45) is 0 Å². The van der Waals surface area contributed by atoms with Crippen LogP contribution in [-0.4, -0.2) is 60.9 Å². The van der Waals surface area contributed by atoms with E-state index in [2.05, 4.69) is 25.7 Å². The van der Waals surface area contributed by atoms with Gasteiger partial charge in [-0.05, 0) is 70.9 Å². The Morgan fingerprint density at radius 2 is 0.808 bits per heavy atom. The molecule has 0 aromatic rings. The Morgan fingerprint density at radius 3 is 1.25 bits per heavy atom. The summed E-state index contributed by atoms with van der Waals surface area (Å²) in [5, 5.41) is 9.55. The van der Waals surface area contributed by atoms with Crippen molar-refractivity contribution in [2.75, 3.05) is 32.8 Å². The van der Waals surface area contributed by atoms with Crippen LogP contribution in [0.1, 0.15) is 245 Å². The first-order chi connectivity index (χ1) is 25.6. The summed E-state index contributed by atoms with van der Waals surface area (Å²) in [6, 6.07) is 0. The average Bonchev–Trinajstić information content (AvgIpc) is 3.14. The molecule has 1 N–H and O–H groups in total. The number of esters is 2. The highest BCUT2D eigenvalue weighted by molar-refractivity contribution is 5.69. The minimum absolute atomic E-state index is 0.0158. The maximum atomic E-state index is 12.7. The minimum atomic E-state index is -0.0291. The van der Waals surface area contributed by atoms with Crippen LogP contribution in [0.15, 0.2) is 0 Å². The third-order valence-electron chi connectivity index (χ3n) is 10.7. The number of aliphatic hydroxyl groups excluding tert-OH is 1. The summed E-state index contributed by atoms with van der Waals surface area (Å²) in [4.78, 5) is 27.1. The number of carbonyl (C=O) groups is 2. The van der Waals surface area contributed by atoms with Crippen molar-refractivity contribution >= 4 is 11.9 Å². The number of ether oxygens (including phenoxy) is 2. The van der Waals surface area contributed by atoms with E-state index in [0.717, 1.165) is 90.3 Å². The van der Waals surface area contributed by atoms with Gasteiger partial charge in [0.1, 0.15) is 6.10 Å². The van der Waals surface area contributed by atoms with Gasteiger partial charge in [-0.15, -0.1) is 0 Å². The van der Waals surface area contributed by atoms with Gasteiger partial charge in [-0.25, -0.2) is 0 Å². The van der Waals surface area contributed by atoms with Crippen molar-refractivity contribution < 1.29 is 24.2 Å². The molecular weight excluding hydrogens is 647 g/mol. The Bertz CT molecular complexity index is 732. The number of hydrogen-bond acceptors (Lipinski definition) is 6. The van der Waals surface area contributed by atoms with Gasteiger partial charge in [-0.1, -0.05) is 175 Å². The quantitative estimate of drug-likeness (QED) is 0.0496. The van der Waals surface area contributed by atoms with Crippen molar-refractivity contribution in [1.82, 2.24) is 4.90 Å². The number of hydrogen-bond donors (Lipinski definition) is 1. The Morgan fingerprint density at radius 1 is 0.442 bits per heavy atom. The molecule has 0 aromatic carbocycles. The predicted molar refractivity (Wildman–Crippen MR) is 223 cm³/mol. The van der Waals surface area contributed by atoms with Crippen LogP contribution in [0, 0.1) is 0 Å². The first kappa shape index (κ1) is 50.9. The topological polar surface area (TPSA) is 76.1 Å². The predicted octanol–water partition coefficient (Wildman–Crippen LogP) is 13.4. The van der Waals surface area contributed by atoms with Crippen LogP contribution in [0.2, 0.25) is 0 Å². The molecule has 6 nitrogen and oxygen atoms in total. The van der Waals surface area contributed by atoms with Crippen LogP contribution < -0.4 is 0 Å². The highest BCUT2D eigenvalue weighted by atomic mass is 16.5. The van der Waals surface area contributed by atoms with E-state index in [9.17, 15) is 14.7 Å². The van der Waals surface area contributed by atoms with Crippen LogP contribution in [0.4, 0.5) is 0 Å². The van der Waals surface area contributed by atoms with Crippen molar-refractivity contribution in [3.8, 4) is 0 Å². The van der Waals surface area contributed by atoms with Crippen LogP contribution in [-0.2, 0) is 19.1 Å². The standard InChI is InChI=1S/C46H91NO5/c1-4-7-10-13-16-18-27-34-43-51-45(49)37-30-23-19-25-32-39-47(41-42-48)40-33-26-20-24-31-38-46(50)52-44(35-28-21-15-12-9-6-3)36-29-22-17-14-11-8-5-2/h44,48H,4-43H2,1-3H3. The lowest BCUT2D eigenvalue weighted by atomic mass is 10.0. The van der Waals surface area contributed by atoms with E-state index < -0.39 is 0 Å². The summed E-state index contributed by atoms with van der Waals surface area (Å²) in [5.74, 6) is -0.0133. The Balaban J connectivity index is 3.95. The van der Waals surface area contributed by atoms with Gasteiger partial charge in [-0.3, -0.25) is 9.59 Å². The molecule has 0 aliphatic carbocycles. The molecule has 0 radical (unpaired) electrons. The lowest BCUT2D eigenvalue weighted by molar-refractivity contribution is -0.150. The summed E-state index contributed by atoms with van der Waals surface area (Å²) < 4.78 is 11.5. The van der Waals surface area contributed by atoms with E-state index in [0.29, 0.717) is 19.4 Å². The van der Waals surface area contributed by atoms with E-state index in [1.807, 2.05) is 0 Å². The molecule has 0 heterocycles. The fourth-order valence-electron chi connectivity index (χ4n) is 7.23. The molecule has 0 amide bonds. The molecule has 310 valence electrons. The maximum Gasteiger partial charge on any atom is 0.306 e. The zero-order chi connectivity index (χ0) is 38.0. The smallest absolute Gasteiger partial charge is 0.306 e. The molecule has 6 heteroatoms. The second-order valence-corrected chi connectivity index (χ2v) is 15.9. The molecule has 1 atom stereocenters. The second kappa shape index (κ2) is 42.6. The number of rotatable bonds is 43. The largest absolute Gasteiger partial charge is 0.466 e. The van der Waals surface area contributed by atoms with Gasteiger partial charge in [0, 0.05) is 19.4 Å². The van der Waals surface area contributed by atoms with Crippen LogP contribution in [0.25, 0.3) is 0 Å². The molecule has 0 spiro atoms. The third-order valence-corrected chi connectivity index (χ3v) is 10.7. The van der Waals surface area contributed by atoms with Gasteiger partial charge in [0.2, 0.25) is 0 Å². The lowest BCUT2D eigenvalue weighted by Crippen LogP contribution is -2.29. The van der Waals surface area contributed by atoms with E-state index in [1.54, 1.807) is 0 Å². The first-order valence-electron chi connectivity index (χ1n) is 23.3. The van der Waals surface area contributed by atoms with E-state index in [1.165, 1.54) is 141 Å². The fourth-order valence-corrected chi connectivity index (χ4v) is 7.23. The summed E-state index contributed by atoms with van der Waals surface area (Å²) in [5.41, 5.74) is 0. The van der Waals surface area contributed by atoms with Crippen LogP contribution in [0.5, 0.6) is 0 Å². The number of nitrogens with zero attached hydrogens (tertiary/aromatic N) is 1. The number of unbranched alkanes of at least 4 members (excludes halogenated alkanes) is 26. The molecule has 0 saturated heterocycles. The monoisotopic (exact) mass is 738 g/mol. The molecule has 52 heavy (non-hydrogen) atoms. The summed E-state index contributed by atoms with van der Waals surface area (Å²) in [6.45, 7) is 10.4. The fraction of sp³-hybridized carbons (Fsp3) is 0.957. The normalized spacial score (nSPS) is 12.1. The maximum absolute atomic E-state index is 12.7. The van der Waals surface area contributed by atoms with Crippen molar-refractivity contribution in [3.63, 3.8) is 0 Å². The van der Waals surface area contributed by atoms with Gasteiger partial charge in [0.05, 0.1) is 13.2 Å². The molecule has 1 unspecified atom stereocenters. The Kier molecular flexibility index (Phi) is 41.7. The molecule has 0 fully saturated rings. The van der Waals surface area contributed by atoms with Crippen molar-refractivity contribution in [1.29, 1.82) is 0 Å². The summed E-state index contributed by atoms with van der Waals surface area (Å²) in [7, 11) is 0. The van der Waals surface area contributed by atoms with Gasteiger partial charge in [0.25, 0.3) is 0 Å².